The van der Waals surface area contributed by atoms with E-state index in [9.17, 15) is 13.2 Å². The van der Waals surface area contributed by atoms with Crippen LogP contribution in [-0.2, 0) is 10.0 Å². The third-order valence-electron chi connectivity index (χ3n) is 5.50. The van der Waals surface area contributed by atoms with E-state index in [2.05, 4.69) is 14.7 Å². The molecule has 10 nitrogen and oxygen atoms in total. The molecule has 0 unspecified atom stereocenters. The number of methoxy groups -OCH3 is 2. The summed E-state index contributed by atoms with van der Waals surface area (Å²) >= 11 is 0. The van der Waals surface area contributed by atoms with Gasteiger partial charge in [0.05, 0.1) is 35.8 Å². The van der Waals surface area contributed by atoms with Gasteiger partial charge in [0.1, 0.15) is 29.3 Å². The van der Waals surface area contributed by atoms with Gasteiger partial charge in [-0.15, -0.1) is 0 Å². The molecule has 35 heavy (non-hydrogen) atoms. The molecule has 4 rings (SSSR count). The molecule has 0 saturated carbocycles. The molecule has 0 radical (unpaired) electrons. The van der Waals surface area contributed by atoms with Gasteiger partial charge in [0, 0.05) is 23.9 Å². The fourth-order valence-electron chi connectivity index (χ4n) is 3.73. The van der Waals surface area contributed by atoms with Crippen LogP contribution in [0, 0.1) is 0 Å². The van der Waals surface area contributed by atoms with Crippen molar-refractivity contribution >= 4 is 38.3 Å². The molecule has 0 spiro atoms. The molecular formula is C24H25N5O5S. The molecule has 3 N–H and O–H groups in total. The molecule has 11 heteroatoms. The predicted octanol–water partition coefficient (Wildman–Crippen LogP) is 3.64. The maximum atomic E-state index is 13.6. The van der Waals surface area contributed by atoms with E-state index in [4.69, 9.17) is 15.2 Å². The maximum Gasteiger partial charge on any atom is 0.262 e. The van der Waals surface area contributed by atoms with Gasteiger partial charge in [-0.2, -0.15) is 0 Å². The van der Waals surface area contributed by atoms with Crippen LogP contribution in [0.25, 0.3) is 11.0 Å². The Morgan fingerprint density at radius 1 is 1.09 bits per heavy atom. The van der Waals surface area contributed by atoms with E-state index in [1.807, 2.05) is 18.4 Å². The minimum atomic E-state index is -4.00. The Balaban J connectivity index is 1.78. The van der Waals surface area contributed by atoms with Crippen LogP contribution in [0.15, 0.2) is 59.9 Å². The van der Waals surface area contributed by atoms with Crippen LogP contribution in [0.3, 0.4) is 0 Å². The Kier molecular flexibility index (Phi) is 6.35. The summed E-state index contributed by atoms with van der Waals surface area (Å²) in [5.41, 5.74) is 7.30. The molecule has 4 aromatic rings. The Morgan fingerprint density at radius 2 is 1.86 bits per heavy atom. The van der Waals surface area contributed by atoms with Crippen molar-refractivity contribution in [3.63, 3.8) is 0 Å². The average Bonchev–Trinajstić information content (AvgIpc) is 3.25. The van der Waals surface area contributed by atoms with Crippen LogP contribution < -0.4 is 19.9 Å². The normalized spacial score (nSPS) is 11.6. The van der Waals surface area contributed by atoms with E-state index in [1.165, 1.54) is 44.8 Å². The molecule has 0 bridgehead atoms. The Hall–Kier alpha value is -4.12. The van der Waals surface area contributed by atoms with Crippen molar-refractivity contribution in [1.82, 2.24) is 14.5 Å². The molecule has 0 aliphatic rings. The second-order valence-corrected chi connectivity index (χ2v) is 9.71. The first kappa shape index (κ1) is 24.0. The van der Waals surface area contributed by atoms with Gasteiger partial charge in [0.2, 0.25) is 0 Å². The summed E-state index contributed by atoms with van der Waals surface area (Å²) in [5, 5.41) is 0.445. The van der Waals surface area contributed by atoms with Crippen LogP contribution in [0.2, 0.25) is 0 Å². The number of carbonyl (C=O) groups is 1. The monoisotopic (exact) mass is 495 g/mol. The highest BCUT2D eigenvalue weighted by Gasteiger charge is 2.23. The molecule has 2 aromatic heterocycles. The molecule has 182 valence electrons. The Morgan fingerprint density at radius 3 is 2.54 bits per heavy atom. The molecule has 0 aliphatic carbocycles. The van der Waals surface area contributed by atoms with Crippen molar-refractivity contribution in [1.29, 1.82) is 0 Å². The van der Waals surface area contributed by atoms with Gasteiger partial charge in [-0.3, -0.25) is 9.52 Å². The first-order chi connectivity index (χ1) is 16.7. The summed E-state index contributed by atoms with van der Waals surface area (Å²) in [5.74, 6) is 0.469. The lowest BCUT2D eigenvalue weighted by atomic mass is 10.0. The highest BCUT2D eigenvalue weighted by atomic mass is 32.2. The second-order valence-electron chi connectivity index (χ2n) is 8.03. The summed E-state index contributed by atoms with van der Waals surface area (Å²) in [6, 6.07) is 10.6. The zero-order valence-electron chi connectivity index (χ0n) is 19.6. The lowest BCUT2D eigenvalue weighted by molar-refractivity contribution is 0.104. The predicted molar refractivity (Wildman–Crippen MR) is 133 cm³/mol. The molecule has 0 aliphatic heterocycles. The molecule has 0 fully saturated rings. The molecule has 0 saturated heterocycles. The second kappa shape index (κ2) is 9.26. The van der Waals surface area contributed by atoms with Crippen molar-refractivity contribution in [3.8, 4) is 11.5 Å². The average molecular weight is 496 g/mol. The number of nitrogen functional groups attached to an aromatic ring is 1. The highest BCUT2D eigenvalue weighted by Crippen LogP contribution is 2.32. The van der Waals surface area contributed by atoms with Gasteiger partial charge in [-0.25, -0.2) is 18.4 Å². The quantitative estimate of drug-likeness (QED) is 0.353. The summed E-state index contributed by atoms with van der Waals surface area (Å²) in [7, 11) is -1.14. The summed E-state index contributed by atoms with van der Waals surface area (Å²) in [4.78, 5) is 21.9. The third-order valence-corrected chi connectivity index (χ3v) is 6.86. The van der Waals surface area contributed by atoms with E-state index in [1.54, 1.807) is 24.4 Å². The topological polar surface area (TPSA) is 138 Å². The minimum Gasteiger partial charge on any atom is -0.497 e. The minimum absolute atomic E-state index is 0.000517. The highest BCUT2D eigenvalue weighted by molar-refractivity contribution is 7.92. The van der Waals surface area contributed by atoms with Crippen molar-refractivity contribution in [2.45, 2.75) is 24.8 Å². The van der Waals surface area contributed by atoms with Crippen molar-refractivity contribution in [2.75, 3.05) is 24.7 Å². The smallest absolute Gasteiger partial charge is 0.262 e. The number of nitrogens with two attached hydrogens (primary N) is 1. The van der Waals surface area contributed by atoms with Gasteiger partial charge in [-0.1, -0.05) is 6.07 Å². The number of carbonyl (C=O) groups excluding carboxylic acids is 1. The number of sulfonamides is 1. The Bertz CT molecular complexity index is 1530. The number of fused-ring (bicyclic) bond motifs is 1. The number of anilines is 2. The number of aromatic nitrogens is 3. The van der Waals surface area contributed by atoms with Crippen molar-refractivity contribution in [3.05, 3.63) is 66.1 Å². The molecule has 0 amide bonds. The first-order valence-corrected chi connectivity index (χ1v) is 12.1. The van der Waals surface area contributed by atoms with Crippen LogP contribution in [-0.4, -0.2) is 43.0 Å². The van der Waals surface area contributed by atoms with E-state index in [0.29, 0.717) is 22.3 Å². The van der Waals surface area contributed by atoms with E-state index >= 15 is 0 Å². The zero-order valence-corrected chi connectivity index (χ0v) is 20.5. The number of hydrogen-bond donors (Lipinski definition) is 2. The lowest BCUT2D eigenvalue weighted by Crippen LogP contribution is -2.14. The van der Waals surface area contributed by atoms with Gasteiger partial charge >= 0.3 is 0 Å². The van der Waals surface area contributed by atoms with E-state index in [0.717, 1.165) is 0 Å². The number of nitrogens with zero attached hydrogens (tertiary/aromatic N) is 3. The number of nitrogens with one attached hydrogen (secondary N) is 1. The summed E-state index contributed by atoms with van der Waals surface area (Å²) in [6.07, 6.45) is 3.04. The van der Waals surface area contributed by atoms with Gasteiger partial charge < -0.3 is 19.8 Å². The fourth-order valence-corrected chi connectivity index (χ4v) is 4.83. The molecule has 0 atom stereocenters. The van der Waals surface area contributed by atoms with Crippen LogP contribution >= 0.6 is 0 Å². The Labute approximate surface area is 202 Å². The fraction of sp³-hybridized carbons (Fsp3) is 0.208. The number of ether oxygens (including phenoxy) is 2. The van der Waals surface area contributed by atoms with Gasteiger partial charge in [-0.05, 0) is 44.2 Å². The molecule has 2 heterocycles. The first-order valence-electron chi connectivity index (χ1n) is 10.7. The standard InChI is InChI=1S/C24H25N5O5S/c1-14(2)29-12-18(21-23(25)26-13-27-24(21)29)22(30)15-8-9-20(34-4)19(10-15)28-35(31,32)17-7-5-6-16(11-17)33-3/h5-14,28H,1-4H3,(H2,25,26,27). The largest absolute Gasteiger partial charge is 0.497 e. The van der Waals surface area contributed by atoms with Crippen molar-refractivity contribution < 1.29 is 22.7 Å². The maximum absolute atomic E-state index is 13.6. The summed E-state index contributed by atoms with van der Waals surface area (Å²) in [6.45, 7) is 3.93. The third kappa shape index (κ3) is 4.50. The number of hydrogen-bond acceptors (Lipinski definition) is 8. The van der Waals surface area contributed by atoms with Gasteiger partial charge in [0.15, 0.2) is 5.78 Å². The SMILES string of the molecule is COc1cccc(S(=O)(=O)Nc2cc(C(=O)c3cn(C(C)C)c4ncnc(N)c34)ccc2OC)c1. The van der Waals surface area contributed by atoms with Crippen LogP contribution in [0.4, 0.5) is 11.5 Å². The summed E-state index contributed by atoms with van der Waals surface area (Å²) < 4.78 is 40.9. The zero-order chi connectivity index (χ0) is 25.3. The number of ketones is 1. The van der Waals surface area contributed by atoms with E-state index in [-0.39, 0.29) is 39.5 Å². The molecule has 2 aromatic carbocycles. The lowest BCUT2D eigenvalue weighted by Gasteiger charge is -2.14. The number of rotatable bonds is 8. The van der Waals surface area contributed by atoms with Crippen molar-refractivity contribution in [2.24, 2.45) is 0 Å². The molecular weight excluding hydrogens is 470 g/mol. The van der Waals surface area contributed by atoms with E-state index < -0.39 is 10.0 Å². The van der Waals surface area contributed by atoms with Crippen LogP contribution in [0.1, 0.15) is 35.8 Å². The van der Waals surface area contributed by atoms with Crippen LogP contribution in [0.5, 0.6) is 11.5 Å². The number of benzene rings is 2. The van der Waals surface area contributed by atoms with Gasteiger partial charge in [0.25, 0.3) is 10.0 Å².